The molecular weight excluding hydrogens is 351 g/mol. The molecule has 0 spiro atoms. The number of hydrogen-bond donors (Lipinski definition) is 0. The highest BCUT2D eigenvalue weighted by atomic mass is 32.2. The highest BCUT2D eigenvalue weighted by molar-refractivity contribution is 8.03. The number of halogens is 7. The van der Waals surface area contributed by atoms with Crippen LogP contribution in [0.15, 0.2) is 40.3 Å². The van der Waals surface area contributed by atoms with Gasteiger partial charge in [-0.15, -0.1) is 0 Å². The van der Waals surface area contributed by atoms with E-state index in [0.717, 1.165) is 11.8 Å². The van der Waals surface area contributed by atoms with Crippen LogP contribution in [0.2, 0.25) is 0 Å². The van der Waals surface area contributed by atoms with E-state index < -0.39 is 23.8 Å². The number of hydrogen-bond acceptors (Lipinski definition) is 3. The Hall–Kier alpha value is -1.71. The number of allylic oxidation sites excluding steroid dienone is 1. The quantitative estimate of drug-likeness (QED) is 0.587. The Balaban J connectivity index is 2.33. The molecule has 0 saturated carbocycles. The molecule has 23 heavy (non-hydrogen) atoms. The fraction of sp³-hybridized carbons (Fsp3) is 0.308. The van der Waals surface area contributed by atoms with Crippen molar-refractivity contribution in [2.75, 3.05) is 11.9 Å². The molecule has 0 amide bonds. The van der Waals surface area contributed by atoms with Gasteiger partial charge in [0, 0.05) is 18.0 Å². The number of anilines is 1. The van der Waals surface area contributed by atoms with Gasteiger partial charge in [-0.2, -0.15) is 30.7 Å². The van der Waals surface area contributed by atoms with Crippen molar-refractivity contribution in [2.45, 2.75) is 22.9 Å². The van der Waals surface area contributed by atoms with E-state index in [-0.39, 0.29) is 11.1 Å². The zero-order valence-corrected chi connectivity index (χ0v) is 12.1. The van der Waals surface area contributed by atoms with Crippen molar-refractivity contribution in [1.29, 1.82) is 0 Å². The first kappa shape index (κ1) is 17.6. The third-order valence-corrected chi connectivity index (χ3v) is 4.25. The molecule has 126 valence electrons. The molecule has 1 aliphatic heterocycles. The highest BCUT2D eigenvalue weighted by Gasteiger charge is 2.75. The summed E-state index contributed by atoms with van der Waals surface area (Å²) in [7, 11) is 1.37. The maximum Gasteiger partial charge on any atom is 0.460 e. The van der Waals surface area contributed by atoms with E-state index in [2.05, 4.69) is 0 Å². The van der Waals surface area contributed by atoms with Gasteiger partial charge in [-0.05, 0) is 12.1 Å². The number of nitrogens with zero attached hydrogens (tertiary/aromatic N) is 1. The molecule has 0 N–H and O–H groups in total. The number of fused-ring (bicyclic) bond motifs is 1. The SMILES string of the molecule is CN1/C(=C/C(=O)C(F)(F)C(F)(F)C(F)(F)F)Sc2ccccc21. The zero-order chi connectivity index (χ0) is 17.6. The standard InChI is InChI=1S/C13H8F7NOS/c1-21-7-4-2-3-5-8(7)23-10(21)6-9(22)11(14,15)12(16,17)13(18,19)20/h2-6H,1H3/b10-6-. The number of rotatable bonds is 3. The summed E-state index contributed by atoms with van der Waals surface area (Å²) in [6.45, 7) is 0. The van der Waals surface area contributed by atoms with E-state index in [0.29, 0.717) is 10.6 Å². The van der Waals surface area contributed by atoms with Crippen LogP contribution in [0.25, 0.3) is 0 Å². The van der Waals surface area contributed by atoms with Gasteiger partial charge in [0.2, 0.25) is 5.78 Å². The lowest BCUT2D eigenvalue weighted by Crippen LogP contribution is -2.55. The van der Waals surface area contributed by atoms with E-state index in [1.54, 1.807) is 24.3 Å². The van der Waals surface area contributed by atoms with Gasteiger partial charge >= 0.3 is 18.0 Å². The van der Waals surface area contributed by atoms with E-state index in [1.807, 2.05) is 0 Å². The van der Waals surface area contributed by atoms with Crippen LogP contribution in [0, 0.1) is 0 Å². The molecule has 2 rings (SSSR count). The summed E-state index contributed by atoms with van der Waals surface area (Å²) >= 11 is 0.814. The summed E-state index contributed by atoms with van der Waals surface area (Å²) in [6, 6.07) is 6.41. The molecule has 0 atom stereocenters. The minimum atomic E-state index is -6.54. The second kappa shape index (κ2) is 5.43. The van der Waals surface area contributed by atoms with Gasteiger partial charge in [0.25, 0.3) is 0 Å². The fourth-order valence-electron chi connectivity index (χ4n) is 1.78. The van der Waals surface area contributed by atoms with Crippen LogP contribution in [-0.2, 0) is 4.79 Å². The molecule has 1 heterocycles. The summed E-state index contributed by atoms with van der Waals surface area (Å²) in [4.78, 5) is 13.2. The predicted octanol–water partition coefficient (Wildman–Crippen LogP) is 4.47. The average Bonchev–Trinajstić information content (AvgIpc) is 2.74. The molecule has 1 aromatic rings. The average molecular weight is 359 g/mol. The number of alkyl halides is 7. The number of carbonyl (C=O) groups excluding carboxylic acids is 1. The van der Waals surface area contributed by atoms with Gasteiger partial charge in [-0.25, -0.2) is 0 Å². The van der Waals surface area contributed by atoms with Crippen LogP contribution < -0.4 is 4.90 Å². The first-order valence-electron chi connectivity index (χ1n) is 5.98. The Bertz CT molecular complexity index is 669. The predicted molar refractivity (Wildman–Crippen MR) is 69.7 cm³/mol. The topological polar surface area (TPSA) is 20.3 Å². The lowest BCUT2D eigenvalue weighted by atomic mass is 10.1. The highest BCUT2D eigenvalue weighted by Crippen LogP contribution is 2.49. The van der Waals surface area contributed by atoms with Crippen LogP contribution in [0.4, 0.5) is 36.4 Å². The molecule has 10 heteroatoms. The van der Waals surface area contributed by atoms with E-state index >= 15 is 0 Å². The lowest BCUT2D eigenvalue weighted by molar-refractivity contribution is -0.342. The molecule has 0 aliphatic carbocycles. The van der Waals surface area contributed by atoms with Crippen LogP contribution in [-0.4, -0.2) is 30.9 Å². The van der Waals surface area contributed by atoms with Crippen LogP contribution in [0.1, 0.15) is 0 Å². The van der Waals surface area contributed by atoms with Crippen molar-refractivity contribution in [1.82, 2.24) is 0 Å². The minimum absolute atomic E-state index is 0.102. The maximum absolute atomic E-state index is 13.3. The fourth-order valence-corrected chi connectivity index (χ4v) is 2.86. The number of para-hydroxylation sites is 1. The third-order valence-electron chi connectivity index (χ3n) is 3.09. The van der Waals surface area contributed by atoms with Gasteiger partial charge < -0.3 is 4.90 Å². The van der Waals surface area contributed by atoms with Crippen molar-refractivity contribution in [3.63, 3.8) is 0 Å². The Morgan fingerprint density at radius 2 is 1.65 bits per heavy atom. The first-order chi connectivity index (χ1) is 10.4. The van der Waals surface area contributed by atoms with Crippen LogP contribution in [0.3, 0.4) is 0 Å². The van der Waals surface area contributed by atoms with Crippen molar-refractivity contribution < 1.29 is 35.5 Å². The van der Waals surface area contributed by atoms with Crippen molar-refractivity contribution in [3.8, 4) is 0 Å². The summed E-state index contributed by atoms with van der Waals surface area (Å²) in [5.41, 5.74) is 0.516. The molecule has 2 nitrogen and oxygen atoms in total. The van der Waals surface area contributed by atoms with Crippen molar-refractivity contribution >= 4 is 23.2 Å². The molecule has 0 aromatic heterocycles. The van der Waals surface area contributed by atoms with Crippen molar-refractivity contribution in [2.24, 2.45) is 0 Å². The summed E-state index contributed by atoms with van der Waals surface area (Å²) in [5.74, 6) is -15.0. The third kappa shape index (κ3) is 2.79. The smallest absolute Gasteiger partial charge is 0.338 e. The van der Waals surface area contributed by atoms with Crippen LogP contribution >= 0.6 is 11.8 Å². The maximum atomic E-state index is 13.3. The molecule has 0 unspecified atom stereocenters. The summed E-state index contributed by atoms with van der Waals surface area (Å²) in [5, 5.41) is -0.172. The number of thioether (sulfide) groups is 1. The molecule has 0 saturated heterocycles. The van der Waals surface area contributed by atoms with Gasteiger partial charge in [0.15, 0.2) is 0 Å². The molecule has 1 aromatic carbocycles. The number of benzene rings is 1. The molecule has 0 bridgehead atoms. The molecule has 0 fully saturated rings. The molecular formula is C13H8F7NOS. The van der Waals surface area contributed by atoms with Gasteiger partial charge in [0.05, 0.1) is 10.7 Å². The number of carbonyl (C=O) groups is 1. The largest absolute Gasteiger partial charge is 0.460 e. The normalized spacial score (nSPS) is 17.6. The Morgan fingerprint density at radius 3 is 2.17 bits per heavy atom. The van der Waals surface area contributed by atoms with E-state index in [1.165, 1.54) is 11.9 Å². The molecule has 0 radical (unpaired) electrons. The lowest BCUT2D eigenvalue weighted by Gasteiger charge is -2.26. The Morgan fingerprint density at radius 1 is 1.09 bits per heavy atom. The second-order valence-electron chi connectivity index (χ2n) is 4.62. The van der Waals surface area contributed by atoms with Gasteiger partial charge in [-0.3, -0.25) is 4.79 Å². The second-order valence-corrected chi connectivity index (χ2v) is 5.68. The van der Waals surface area contributed by atoms with E-state index in [9.17, 15) is 35.5 Å². The monoisotopic (exact) mass is 359 g/mol. The minimum Gasteiger partial charge on any atom is -0.338 e. The van der Waals surface area contributed by atoms with Crippen LogP contribution in [0.5, 0.6) is 0 Å². The summed E-state index contributed by atoms with van der Waals surface area (Å²) < 4.78 is 88.5. The molecule has 1 aliphatic rings. The Kier molecular flexibility index (Phi) is 4.16. The number of ketones is 1. The van der Waals surface area contributed by atoms with Gasteiger partial charge in [-0.1, -0.05) is 23.9 Å². The summed E-state index contributed by atoms with van der Waals surface area (Å²) in [6.07, 6.45) is -6.44. The first-order valence-corrected chi connectivity index (χ1v) is 6.80. The Labute approximate surface area is 129 Å². The van der Waals surface area contributed by atoms with E-state index in [4.69, 9.17) is 0 Å². The zero-order valence-electron chi connectivity index (χ0n) is 11.3. The van der Waals surface area contributed by atoms with Gasteiger partial charge in [0.1, 0.15) is 0 Å². The van der Waals surface area contributed by atoms with Crippen molar-refractivity contribution in [3.05, 3.63) is 35.4 Å².